The van der Waals surface area contributed by atoms with Crippen LogP contribution in [0.3, 0.4) is 0 Å². The molecule has 0 atom stereocenters. The van der Waals surface area contributed by atoms with Gasteiger partial charge < -0.3 is 9.47 Å². The number of hydrogen-bond donors (Lipinski definition) is 0. The Labute approximate surface area is 141 Å². The first-order chi connectivity index (χ1) is 11.9. The highest BCUT2D eigenvalue weighted by molar-refractivity contribution is 6.07. The van der Waals surface area contributed by atoms with E-state index < -0.39 is 17.3 Å². The third kappa shape index (κ3) is 4.84. The van der Waals surface area contributed by atoms with Gasteiger partial charge in [0.15, 0.2) is 17.3 Å². The van der Waals surface area contributed by atoms with E-state index in [0.717, 1.165) is 6.07 Å². The van der Waals surface area contributed by atoms with E-state index in [1.54, 1.807) is 6.07 Å². The minimum absolute atomic E-state index is 0.127. The van der Waals surface area contributed by atoms with Crippen LogP contribution in [-0.2, 0) is 0 Å². The van der Waals surface area contributed by atoms with Crippen molar-refractivity contribution in [2.24, 2.45) is 0 Å². The van der Waals surface area contributed by atoms with Gasteiger partial charge in [0.1, 0.15) is 0 Å². The summed E-state index contributed by atoms with van der Waals surface area (Å²) >= 11 is 0. The molecular formula is C17H13F2NO5. The summed E-state index contributed by atoms with van der Waals surface area (Å²) in [4.78, 5) is 22.2. The van der Waals surface area contributed by atoms with Crippen LogP contribution in [0.1, 0.15) is 15.9 Å². The zero-order valence-corrected chi connectivity index (χ0v) is 13.0. The first kappa shape index (κ1) is 18.1. The maximum atomic E-state index is 12.4. The molecule has 0 radical (unpaired) electrons. The number of nitro benzene ring substituents is 1. The Balaban J connectivity index is 2.22. The van der Waals surface area contributed by atoms with Crippen molar-refractivity contribution in [3.05, 3.63) is 69.8 Å². The van der Waals surface area contributed by atoms with E-state index in [4.69, 9.17) is 4.74 Å². The monoisotopic (exact) mass is 349 g/mol. The lowest BCUT2D eigenvalue weighted by atomic mass is 10.1. The molecule has 0 aliphatic rings. The number of allylic oxidation sites excluding steroid dienone is 1. The highest BCUT2D eigenvalue weighted by Gasteiger charge is 2.12. The maximum Gasteiger partial charge on any atom is 0.387 e. The normalized spacial score (nSPS) is 10.9. The number of carbonyl (C=O) groups is 1. The van der Waals surface area contributed by atoms with Gasteiger partial charge in [-0.25, -0.2) is 0 Å². The number of nitrogens with zero attached hydrogens (tertiary/aromatic N) is 1. The highest BCUT2D eigenvalue weighted by Crippen LogP contribution is 2.30. The van der Waals surface area contributed by atoms with Crippen LogP contribution in [0.15, 0.2) is 48.5 Å². The van der Waals surface area contributed by atoms with Crippen LogP contribution in [0.4, 0.5) is 14.5 Å². The second kappa shape index (κ2) is 8.00. The van der Waals surface area contributed by atoms with Gasteiger partial charge in [0.25, 0.3) is 5.69 Å². The fourth-order valence-corrected chi connectivity index (χ4v) is 2.03. The largest absolute Gasteiger partial charge is 0.493 e. The molecule has 0 spiro atoms. The predicted octanol–water partition coefficient (Wildman–Crippen LogP) is 4.10. The van der Waals surface area contributed by atoms with Crippen molar-refractivity contribution >= 4 is 17.5 Å². The number of carbonyl (C=O) groups excluding carboxylic acids is 1. The van der Waals surface area contributed by atoms with Gasteiger partial charge in [-0.15, -0.1) is 0 Å². The SMILES string of the molecule is COc1ccc(/C=C/C(=O)c2cccc([N+](=O)[O-])c2)cc1OC(F)F. The van der Waals surface area contributed by atoms with Gasteiger partial charge in [0.05, 0.1) is 12.0 Å². The zero-order chi connectivity index (χ0) is 18.4. The summed E-state index contributed by atoms with van der Waals surface area (Å²) in [5.74, 6) is -0.499. The molecule has 0 aromatic heterocycles. The van der Waals surface area contributed by atoms with Gasteiger partial charge in [0, 0.05) is 17.7 Å². The minimum Gasteiger partial charge on any atom is -0.493 e. The molecule has 25 heavy (non-hydrogen) atoms. The van der Waals surface area contributed by atoms with Crippen molar-refractivity contribution < 1.29 is 28.0 Å². The number of rotatable bonds is 7. The van der Waals surface area contributed by atoms with Crippen LogP contribution in [0.5, 0.6) is 11.5 Å². The number of methoxy groups -OCH3 is 1. The minimum atomic E-state index is -3.01. The Morgan fingerprint density at radius 1 is 1.20 bits per heavy atom. The molecule has 0 aliphatic carbocycles. The summed E-state index contributed by atoms with van der Waals surface area (Å²) in [6.45, 7) is -3.01. The molecule has 2 aromatic rings. The summed E-state index contributed by atoms with van der Waals surface area (Å²) in [5, 5.41) is 10.7. The molecule has 0 N–H and O–H groups in total. The van der Waals surface area contributed by atoms with Crippen LogP contribution in [0, 0.1) is 10.1 Å². The molecule has 0 saturated carbocycles. The first-order valence-electron chi connectivity index (χ1n) is 7.00. The fourth-order valence-electron chi connectivity index (χ4n) is 2.03. The number of ketones is 1. The van der Waals surface area contributed by atoms with Gasteiger partial charge >= 0.3 is 6.61 Å². The number of hydrogen-bond acceptors (Lipinski definition) is 5. The fraction of sp³-hybridized carbons (Fsp3) is 0.118. The smallest absolute Gasteiger partial charge is 0.387 e. The molecule has 0 saturated heterocycles. The van der Waals surface area contributed by atoms with Gasteiger partial charge in [-0.1, -0.05) is 24.3 Å². The van der Waals surface area contributed by atoms with Crippen molar-refractivity contribution in [2.45, 2.75) is 6.61 Å². The molecule has 0 fully saturated rings. The lowest BCUT2D eigenvalue weighted by Gasteiger charge is -2.10. The summed E-state index contributed by atoms with van der Waals surface area (Å²) < 4.78 is 34.1. The zero-order valence-electron chi connectivity index (χ0n) is 13.0. The molecule has 0 amide bonds. The molecule has 8 heteroatoms. The summed E-state index contributed by atoms with van der Waals surface area (Å²) in [5.41, 5.74) is 0.370. The van der Waals surface area contributed by atoms with Gasteiger partial charge in [0.2, 0.25) is 0 Å². The van der Waals surface area contributed by atoms with Gasteiger partial charge in [-0.05, 0) is 23.8 Å². The van der Waals surface area contributed by atoms with Crippen LogP contribution in [0.2, 0.25) is 0 Å². The van der Waals surface area contributed by atoms with Crippen molar-refractivity contribution in [2.75, 3.05) is 7.11 Å². The van der Waals surface area contributed by atoms with Crippen molar-refractivity contribution in [1.29, 1.82) is 0 Å². The number of benzene rings is 2. The van der Waals surface area contributed by atoms with E-state index in [-0.39, 0.29) is 22.7 Å². The average molecular weight is 349 g/mol. The number of alkyl halides is 2. The number of nitro groups is 1. The number of non-ortho nitro benzene ring substituents is 1. The Kier molecular flexibility index (Phi) is 5.78. The second-order valence-corrected chi connectivity index (χ2v) is 4.79. The highest BCUT2D eigenvalue weighted by atomic mass is 19.3. The predicted molar refractivity (Wildman–Crippen MR) is 86.1 cm³/mol. The average Bonchev–Trinajstić information content (AvgIpc) is 2.59. The van der Waals surface area contributed by atoms with Gasteiger partial charge in [-0.2, -0.15) is 8.78 Å². The molecule has 6 nitrogen and oxygen atoms in total. The van der Waals surface area contributed by atoms with Crippen molar-refractivity contribution in [3.63, 3.8) is 0 Å². The Morgan fingerprint density at radius 2 is 1.96 bits per heavy atom. The number of halogens is 2. The second-order valence-electron chi connectivity index (χ2n) is 4.79. The van der Waals surface area contributed by atoms with Crippen LogP contribution in [-0.4, -0.2) is 24.4 Å². The Bertz CT molecular complexity index is 820. The molecule has 2 aromatic carbocycles. The topological polar surface area (TPSA) is 78.7 Å². The molecular weight excluding hydrogens is 336 g/mol. The van der Waals surface area contributed by atoms with E-state index in [0.29, 0.717) is 5.56 Å². The van der Waals surface area contributed by atoms with Crippen LogP contribution < -0.4 is 9.47 Å². The van der Waals surface area contributed by atoms with E-state index >= 15 is 0 Å². The molecule has 0 aliphatic heterocycles. The first-order valence-corrected chi connectivity index (χ1v) is 7.00. The van der Waals surface area contributed by atoms with E-state index in [2.05, 4.69) is 4.74 Å². The summed E-state index contributed by atoms with van der Waals surface area (Å²) in [6, 6.07) is 9.55. The molecule has 0 bridgehead atoms. The summed E-state index contributed by atoms with van der Waals surface area (Å²) in [6.07, 6.45) is 2.58. The number of ether oxygens (including phenoxy) is 2. The van der Waals surface area contributed by atoms with Crippen molar-refractivity contribution in [3.8, 4) is 11.5 Å². The van der Waals surface area contributed by atoms with Crippen molar-refractivity contribution in [1.82, 2.24) is 0 Å². The van der Waals surface area contributed by atoms with E-state index in [1.165, 1.54) is 49.6 Å². The lowest BCUT2D eigenvalue weighted by molar-refractivity contribution is -0.384. The van der Waals surface area contributed by atoms with Gasteiger partial charge in [-0.3, -0.25) is 14.9 Å². The Morgan fingerprint density at radius 3 is 2.60 bits per heavy atom. The third-order valence-corrected chi connectivity index (χ3v) is 3.17. The standard InChI is InChI=1S/C17H13F2NO5/c1-24-15-8-6-11(9-16(15)25-17(18)19)5-7-14(21)12-3-2-4-13(10-12)20(22)23/h2-10,17H,1H3/b7-5+. The molecule has 0 heterocycles. The summed E-state index contributed by atoms with van der Waals surface area (Å²) in [7, 11) is 1.31. The molecule has 130 valence electrons. The molecule has 2 rings (SSSR count). The lowest BCUT2D eigenvalue weighted by Crippen LogP contribution is -2.03. The Hall–Kier alpha value is -3.29. The quantitative estimate of drug-likeness (QED) is 0.325. The third-order valence-electron chi connectivity index (χ3n) is 3.17. The van der Waals surface area contributed by atoms with Crippen LogP contribution in [0.25, 0.3) is 6.08 Å². The van der Waals surface area contributed by atoms with E-state index in [1.807, 2.05) is 0 Å². The van der Waals surface area contributed by atoms with Crippen LogP contribution >= 0.6 is 0 Å². The van der Waals surface area contributed by atoms with E-state index in [9.17, 15) is 23.7 Å². The molecule has 0 unspecified atom stereocenters. The maximum absolute atomic E-state index is 12.4.